The number of fused-ring (bicyclic) bond motifs is 4. The fourth-order valence-electron chi connectivity index (χ4n) is 7.94. The third kappa shape index (κ3) is 10.7. The highest BCUT2D eigenvalue weighted by Gasteiger charge is 2.40. The van der Waals surface area contributed by atoms with Gasteiger partial charge in [0, 0.05) is 77.1 Å². The minimum atomic E-state index is -0.743. The van der Waals surface area contributed by atoms with E-state index in [1.807, 2.05) is 6.07 Å². The fourth-order valence-corrected chi connectivity index (χ4v) is 8.11. The van der Waals surface area contributed by atoms with Crippen molar-refractivity contribution in [1.82, 2.24) is 25.5 Å². The smallest absolute Gasteiger partial charge is 0.255 e. The Hall–Kier alpha value is -6.79. The van der Waals surface area contributed by atoms with E-state index in [2.05, 4.69) is 25.9 Å². The van der Waals surface area contributed by atoms with Crippen LogP contribution in [0.3, 0.4) is 0 Å². The molecule has 0 saturated carbocycles. The zero-order valence-corrected chi connectivity index (χ0v) is 36.3. The molecule has 8 rings (SSSR count). The second kappa shape index (κ2) is 21.0. The standard InChI is InChI=1S/C48H44ClF2N7O8/c49-31-9-12-34-36(24-31)44(42-38(50)5-2-6-39(42)51)53-25-30-26-54-48(57-43(30)34)55-32-10-7-28(8-11-32)45(61)52-16-18-65-20-22-66-21-19-64-17-15-33(59)23-29-3-1-4-35-37(29)27-58(47(35)63)40-13-14-41(60)56-46(40)62/h1-12,24,26,40H,13-23,25,27H2,(H,52,61)(H,54,55,57)(H,56,60,62). The number of imide groups is 1. The van der Waals surface area contributed by atoms with Crippen LogP contribution in [-0.4, -0.2) is 102 Å². The van der Waals surface area contributed by atoms with E-state index in [-0.39, 0.29) is 106 Å². The molecular weight excluding hydrogens is 876 g/mol. The Balaban J connectivity index is 0.704. The second-order valence-electron chi connectivity index (χ2n) is 15.6. The topological polar surface area (TPSA) is 191 Å². The van der Waals surface area contributed by atoms with Crippen molar-refractivity contribution < 1.29 is 47.0 Å². The predicted molar refractivity (Wildman–Crippen MR) is 239 cm³/mol. The number of nitrogens with zero attached hydrogens (tertiary/aromatic N) is 4. The number of hydrogen-bond acceptors (Lipinski definition) is 12. The summed E-state index contributed by atoms with van der Waals surface area (Å²) in [6, 6.07) is 19.9. The summed E-state index contributed by atoms with van der Waals surface area (Å²) in [7, 11) is 0. The van der Waals surface area contributed by atoms with E-state index < -0.39 is 23.6 Å². The van der Waals surface area contributed by atoms with Crippen LogP contribution in [-0.2, 0) is 48.1 Å². The predicted octanol–water partition coefficient (Wildman–Crippen LogP) is 5.91. The van der Waals surface area contributed by atoms with Gasteiger partial charge in [-0.05, 0) is 72.1 Å². The molecule has 0 aliphatic carbocycles. The van der Waals surface area contributed by atoms with Gasteiger partial charge in [-0.2, -0.15) is 0 Å². The molecule has 1 fully saturated rings. The van der Waals surface area contributed by atoms with Crippen molar-refractivity contribution in [2.24, 2.45) is 4.99 Å². The summed E-state index contributed by atoms with van der Waals surface area (Å²) in [6.45, 7) is 2.28. The number of aliphatic imine (C=N–C) groups is 1. The van der Waals surface area contributed by atoms with Gasteiger partial charge >= 0.3 is 0 Å². The van der Waals surface area contributed by atoms with E-state index in [1.165, 1.54) is 23.1 Å². The summed E-state index contributed by atoms with van der Waals surface area (Å²) in [5.74, 6) is -2.66. The summed E-state index contributed by atoms with van der Waals surface area (Å²) in [6.07, 6.45) is 2.37. The number of aromatic nitrogens is 2. The van der Waals surface area contributed by atoms with Gasteiger partial charge in [0.15, 0.2) is 0 Å². The number of anilines is 2. The van der Waals surface area contributed by atoms with Gasteiger partial charge in [-0.3, -0.25) is 34.3 Å². The Kier molecular flexibility index (Phi) is 14.6. The van der Waals surface area contributed by atoms with E-state index in [1.54, 1.807) is 60.8 Å². The number of piperidine rings is 1. The molecule has 15 nitrogen and oxygen atoms in total. The molecule has 3 aliphatic heterocycles. The average Bonchev–Trinajstić information content (AvgIpc) is 3.55. The van der Waals surface area contributed by atoms with Crippen molar-refractivity contribution in [3.8, 4) is 11.3 Å². The van der Waals surface area contributed by atoms with Crippen LogP contribution >= 0.6 is 11.6 Å². The molecule has 1 unspecified atom stereocenters. The maximum absolute atomic E-state index is 14.9. The lowest BCUT2D eigenvalue weighted by Gasteiger charge is -2.29. The van der Waals surface area contributed by atoms with Crippen LogP contribution in [0.1, 0.15) is 67.8 Å². The number of rotatable bonds is 19. The van der Waals surface area contributed by atoms with E-state index in [0.29, 0.717) is 64.0 Å². The first-order valence-corrected chi connectivity index (χ1v) is 21.7. The molecule has 0 radical (unpaired) electrons. The Morgan fingerprint density at radius 2 is 1.58 bits per heavy atom. The largest absolute Gasteiger partial charge is 0.379 e. The van der Waals surface area contributed by atoms with Crippen LogP contribution in [0.5, 0.6) is 0 Å². The molecule has 1 atom stereocenters. The molecule has 4 aromatic carbocycles. The third-order valence-corrected chi connectivity index (χ3v) is 11.5. The number of benzene rings is 4. The molecule has 3 aliphatic rings. The molecule has 18 heteroatoms. The van der Waals surface area contributed by atoms with E-state index in [0.717, 1.165) is 11.1 Å². The van der Waals surface area contributed by atoms with E-state index in [4.69, 9.17) is 30.8 Å². The first-order chi connectivity index (χ1) is 32.0. The number of ether oxygens (including phenoxy) is 3. The number of Topliss-reactive ketones (excluding diaryl/α,β-unsaturated/α-hetero) is 1. The van der Waals surface area contributed by atoms with Crippen molar-refractivity contribution in [2.75, 3.05) is 51.5 Å². The van der Waals surface area contributed by atoms with Crippen LogP contribution < -0.4 is 16.0 Å². The third-order valence-electron chi connectivity index (χ3n) is 11.2. The number of halogens is 3. The average molecular weight is 920 g/mol. The van der Waals surface area contributed by atoms with Gasteiger partial charge in [-0.15, -0.1) is 0 Å². The fraction of sp³-hybridized carbons (Fsp3) is 0.292. The van der Waals surface area contributed by atoms with Gasteiger partial charge in [-0.1, -0.05) is 35.9 Å². The molecule has 4 amide bonds. The van der Waals surface area contributed by atoms with Gasteiger partial charge in [0.2, 0.25) is 17.8 Å². The number of carbonyl (C=O) groups is 5. The molecule has 0 spiro atoms. The monoisotopic (exact) mass is 919 g/mol. The van der Waals surface area contributed by atoms with Crippen molar-refractivity contribution >= 4 is 58.4 Å². The minimum absolute atomic E-state index is 0.0471. The van der Waals surface area contributed by atoms with Crippen LogP contribution in [0.15, 0.2) is 90.1 Å². The first kappa shape index (κ1) is 45.8. The maximum Gasteiger partial charge on any atom is 0.255 e. The van der Waals surface area contributed by atoms with Crippen molar-refractivity contribution in [3.63, 3.8) is 0 Å². The van der Waals surface area contributed by atoms with Gasteiger partial charge in [0.1, 0.15) is 23.5 Å². The molecule has 5 aromatic rings. The minimum Gasteiger partial charge on any atom is -0.379 e. The quantitative estimate of drug-likeness (QED) is 0.0660. The molecule has 3 N–H and O–H groups in total. The summed E-state index contributed by atoms with van der Waals surface area (Å²) in [5.41, 5.74) is 5.08. The zero-order valence-electron chi connectivity index (χ0n) is 35.5. The molecule has 0 bridgehead atoms. The molecule has 340 valence electrons. The molecular formula is C48H44ClF2N7O8. The number of carbonyl (C=O) groups excluding carboxylic acids is 5. The van der Waals surface area contributed by atoms with Crippen LogP contribution in [0.2, 0.25) is 5.02 Å². The lowest BCUT2D eigenvalue weighted by molar-refractivity contribution is -0.137. The number of ketones is 1. The zero-order chi connectivity index (χ0) is 46.2. The highest BCUT2D eigenvalue weighted by Crippen LogP contribution is 2.35. The highest BCUT2D eigenvalue weighted by molar-refractivity contribution is 6.31. The Labute approximate surface area is 382 Å². The summed E-state index contributed by atoms with van der Waals surface area (Å²) < 4.78 is 46.5. The van der Waals surface area contributed by atoms with E-state index in [9.17, 15) is 32.8 Å². The van der Waals surface area contributed by atoms with Crippen molar-refractivity contribution in [1.29, 1.82) is 0 Å². The first-order valence-electron chi connectivity index (χ1n) is 21.3. The molecule has 66 heavy (non-hydrogen) atoms. The van der Waals surface area contributed by atoms with E-state index >= 15 is 0 Å². The summed E-state index contributed by atoms with van der Waals surface area (Å²) >= 11 is 6.33. The van der Waals surface area contributed by atoms with Crippen molar-refractivity contribution in [3.05, 3.63) is 141 Å². The van der Waals surface area contributed by atoms with Crippen LogP contribution in [0.4, 0.5) is 20.4 Å². The Morgan fingerprint density at radius 3 is 2.33 bits per heavy atom. The van der Waals surface area contributed by atoms with Gasteiger partial charge in [0.25, 0.3) is 11.8 Å². The molecule has 1 aromatic heterocycles. The second-order valence-corrected chi connectivity index (χ2v) is 16.1. The summed E-state index contributed by atoms with van der Waals surface area (Å²) in [4.78, 5) is 77.8. The van der Waals surface area contributed by atoms with Crippen LogP contribution in [0.25, 0.3) is 11.3 Å². The summed E-state index contributed by atoms with van der Waals surface area (Å²) in [5, 5.41) is 8.64. The Bertz CT molecular complexity index is 2700. The molecule has 4 heterocycles. The lowest BCUT2D eigenvalue weighted by Crippen LogP contribution is -2.52. The molecule has 1 saturated heterocycles. The number of hydrogen-bond donors (Lipinski definition) is 3. The van der Waals surface area contributed by atoms with Gasteiger partial charge < -0.3 is 29.7 Å². The van der Waals surface area contributed by atoms with Crippen molar-refractivity contribution in [2.45, 2.75) is 44.8 Å². The number of nitrogens with one attached hydrogen (secondary N) is 3. The normalized spacial score (nSPS) is 15.3. The number of amides is 4. The SMILES string of the molecule is O=C(CCOCCOCCOCCNC(=O)c1ccc(Nc2ncc3c(n2)-c2ccc(Cl)cc2C(c2c(F)cccc2F)=NC3)cc1)Cc1cccc2c1CN(C1CCC(=O)NC1=O)C2=O. The van der Waals surface area contributed by atoms with Gasteiger partial charge in [0.05, 0.1) is 63.2 Å². The highest BCUT2D eigenvalue weighted by atomic mass is 35.5. The Morgan fingerprint density at radius 1 is 0.848 bits per heavy atom. The van der Waals surface area contributed by atoms with Gasteiger partial charge in [-0.25, -0.2) is 18.7 Å². The lowest BCUT2D eigenvalue weighted by atomic mass is 9.95. The maximum atomic E-state index is 14.9. The van der Waals surface area contributed by atoms with Crippen LogP contribution in [0, 0.1) is 11.6 Å².